The quantitative estimate of drug-likeness (QED) is 0.839. The predicted molar refractivity (Wildman–Crippen MR) is 68.7 cm³/mol. The highest BCUT2D eigenvalue weighted by atomic mass is 19.1. The van der Waals surface area contributed by atoms with Gasteiger partial charge in [-0.2, -0.15) is 0 Å². The molecule has 0 atom stereocenters. The number of carbonyl (C=O) groups is 2. The van der Waals surface area contributed by atoms with Crippen LogP contribution in [0.25, 0.3) is 0 Å². The second-order valence-electron chi connectivity index (χ2n) is 4.10. The van der Waals surface area contributed by atoms with Gasteiger partial charge in [-0.15, -0.1) is 0 Å². The molecule has 0 unspecified atom stereocenters. The number of carbonyl (C=O) groups excluding carboxylic acids is 2. The van der Waals surface area contributed by atoms with E-state index in [2.05, 4.69) is 5.32 Å². The van der Waals surface area contributed by atoms with Crippen molar-refractivity contribution in [2.24, 2.45) is 5.41 Å². The van der Waals surface area contributed by atoms with E-state index in [1.54, 1.807) is 0 Å². The molecule has 18 heavy (non-hydrogen) atoms. The molecular formula is C14H18FNO2. The summed E-state index contributed by atoms with van der Waals surface area (Å²) in [5.74, 6) is -0.746. The Morgan fingerprint density at radius 3 is 2.06 bits per heavy atom. The Labute approximate surface area is 106 Å². The van der Waals surface area contributed by atoms with Gasteiger partial charge in [-0.05, 0) is 44.0 Å². The highest BCUT2D eigenvalue weighted by molar-refractivity contribution is 6.12. The van der Waals surface area contributed by atoms with Crippen molar-refractivity contribution < 1.29 is 14.0 Å². The molecule has 98 valence electrons. The number of Topliss-reactive ketones (excluding diaryl/α,β-unsaturated/α-hetero) is 1. The van der Waals surface area contributed by atoms with Crippen LogP contribution in [-0.2, 0) is 9.59 Å². The lowest BCUT2D eigenvalue weighted by Crippen LogP contribution is -2.29. The second-order valence-corrected chi connectivity index (χ2v) is 4.10. The summed E-state index contributed by atoms with van der Waals surface area (Å²) in [7, 11) is 0. The maximum absolute atomic E-state index is 12.6. The summed E-state index contributed by atoms with van der Waals surface area (Å²) < 4.78 is 12.6. The zero-order valence-electron chi connectivity index (χ0n) is 10.9. The number of halogens is 1. The van der Waals surface area contributed by atoms with Crippen molar-refractivity contribution in [1.29, 1.82) is 0 Å². The topological polar surface area (TPSA) is 46.2 Å². The van der Waals surface area contributed by atoms with Gasteiger partial charge in [0.25, 0.3) is 0 Å². The molecule has 1 aliphatic carbocycles. The standard InChI is InChI=1S/C12H12FNO2.C2H6/c1-8(15)12(6-7-12)11(16)14-10-4-2-9(13)3-5-10;1-2/h2-5H,6-7H2,1H3,(H,14,16);1-2H3. The molecule has 1 fully saturated rings. The number of benzene rings is 1. The largest absolute Gasteiger partial charge is 0.325 e. The number of amides is 1. The van der Waals surface area contributed by atoms with Gasteiger partial charge in [0.15, 0.2) is 0 Å². The van der Waals surface area contributed by atoms with Crippen LogP contribution in [0.2, 0.25) is 0 Å². The van der Waals surface area contributed by atoms with E-state index in [0.29, 0.717) is 18.5 Å². The van der Waals surface area contributed by atoms with Crippen LogP contribution in [0, 0.1) is 11.2 Å². The Bertz CT molecular complexity index is 436. The molecule has 1 N–H and O–H groups in total. The molecule has 1 amide bonds. The van der Waals surface area contributed by atoms with Gasteiger partial charge in [0.05, 0.1) is 0 Å². The number of ketones is 1. The van der Waals surface area contributed by atoms with Crippen molar-refractivity contribution in [2.45, 2.75) is 33.6 Å². The Morgan fingerprint density at radius 1 is 1.17 bits per heavy atom. The zero-order chi connectivity index (χ0) is 13.8. The number of hydrogen-bond acceptors (Lipinski definition) is 2. The molecule has 0 saturated heterocycles. The van der Waals surface area contributed by atoms with E-state index in [-0.39, 0.29) is 17.5 Å². The van der Waals surface area contributed by atoms with Crippen LogP contribution >= 0.6 is 0 Å². The summed E-state index contributed by atoms with van der Waals surface area (Å²) in [6, 6.07) is 5.48. The molecule has 0 heterocycles. The Kier molecular flexibility index (Phi) is 4.59. The van der Waals surface area contributed by atoms with E-state index in [1.165, 1.54) is 31.2 Å². The number of rotatable bonds is 3. The van der Waals surface area contributed by atoms with Crippen molar-refractivity contribution in [3.8, 4) is 0 Å². The minimum atomic E-state index is -0.825. The van der Waals surface area contributed by atoms with Gasteiger partial charge in [-0.3, -0.25) is 9.59 Å². The molecule has 0 radical (unpaired) electrons. The molecule has 1 aromatic carbocycles. The Hall–Kier alpha value is -1.71. The lowest BCUT2D eigenvalue weighted by atomic mass is 10.0. The van der Waals surface area contributed by atoms with Crippen molar-refractivity contribution in [1.82, 2.24) is 0 Å². The van der Waals surface area contributed by atoms with Gasteiger partial charge in [0.1, 0.15) is 17.0 Å². The molecule has 2 rings (SSSR count). The smallest absolute Gasteiger partial charge is 0.238 e. The molecule has 3 nitrogen and oxygen atoms in total. The maximum Gasteiger partial charge on any atom is 0.238 e. The van der Waals surface area contributed by atoms with E-state index in [0.717, 1.165) is 0 Å². The normalized spacial score (nSPS) is 15.1. The summed E-state index contributed by atoms with van der Waals surface area (Å²) in [6.45, 7) is 5.43. The van der Waals surface area contributed by atoms with Gasteiger partial charge in [0.2, 0.25) is 5.91 Å². The van der Waals surface area contributed by atoms with Gasteiger partial charge in [0, 0.05) is 5.69 Å². The summed E-state index contributed by atoms with van der Waals surface area (Å²) >= 11 is 0. The molecule has 1 aliphatic rings. The third-order valence-corrected chi connectivity index (χ3v) is 2.96. The average molecular weight is 251 g/mol. The van der Waals surface area contributed by atoms with Gasteiger partial charge < -0.3 is 5.32 Å². The van der Waals surface area contributed by atoms with Crippen LogP contribution in [0.4, 0.5) is 10.1 Å². The van der Waals surface area contributed by atoms with Crippen LogP contribution < -0.4 is 5.32 Å². The van der Waals surface area contributed by atoms with Crippen LogP contribution in [0.15, 0.2) is 24.3 Å². The van der Waals surface area contributed by atoms with E-state index < -0.39 is 5.41 Å². The maximum atomic E-state index is 12.6. The van der Waals surface area contributed by atoms with Crippen molar-refractivity contribution in [3.63, 3.8) is 0 Å². The highest BCUT2D eigenvalue weighted by Crippen LogP contribution is 2.47. The summed E-state index contributed by atoms with van der Waals surface area (Å²) in [5, 5.41) is 2.63. The Morgan fingerprint density at radius 2 is 1.67 bits per heavy atom. The summed E-state index contributed by atoms with van der Waals surface area (Å²) in [6.07, 6.45) is 1.21. The molecule has 1 aromatic rings. The van der Waals surface area contributed by atoms with Crippen molar-refractivity contribution in [2.75, 3.05) is 5.32 Å². The molecule has 0 aromatic heterocycles. The first-order valence-corrected chi connectivity index (χ1v) is 6.13. The lowest BCUT2D eigenvalue weighted by molar-refractivity contribution is -0.131. The fraction of sp³-hybridized carbons (Fsp3) is 0.429. The fourth-order valence-corrected chi connectivity index (χ4v) is 1.65. The third-order valence-electron chi connectivity index (χ3n) is 2.96. The number of hydrogen-bond donors (Lipinski definition) is 1. The first kappa shape index (κ1) is 14.4. The predicted octanol–water partition coefficient (Wildman–Crippen LogP) is 3.16. The van der Waals surface area contributed by atoms with Crippen LogP contribution in [0.1, 0.15) is 33.6 Å². The SMILES string of the molecule is CC.CC(=O)C1(C(=O)Nc2ccc(F)cc2)CC1. The first-order valence-electron chi connectivity index (χ1n) is 6.13. The average Bonchev–Trinajstić information content (AvgIpc) is 3.16. The molecule has 0 spiro atoms. The minimum absolute atomic E-state index is 0.105. The third kappa shape index (κ3) is 2.94. The first-order chi connectivity index (χ1) is 8.54. The van der Waals surface area contributed by atoms with E-state index >= 15 is 0 Å². The molecule has 1 saturated carbocycles. The van der Waals surface area contributed by atoms with Crippen LogP contribution in [0.3, 0.4) is 0 Å². The molecule has 0 aliphatic heterocycles. The highest BCUT2D eigenvalue weighted by Gasteiger charge is 2.54. The number of nitrogens with one attached hydrogen (secondary N) is 1. The lowest BCUT2D eigenvalue weighted by Gasteiger charge is -2.11. The van der Waals surface area contributed by atoms with Crippen LogP contribution in [0.5, 0.6) is 0 Å². The number of anilines is 1. The van der Waals surface area contributed by atoms with Gasteiger partial charge in [-0.1, -0.05) is 13.8 Å². The Balaban J connectivity index is 0.000000771. The fourth-order valence-electron chi connectivity index (χ4n) is 1.65. The molecule has 0 bridgehead atoms. The van der Waals surface area contributed by atoms with E-state index in [4.69, 9.17) is 0 Å². The monoisotopic (exact) mass is 251 g/mol. The van der Waals surface area contributed by atoms with Crippen molar-refractivity contribution >= 4 is 17.4 Å². The molecular weight excluding hydrogens is 233 g/mol. The second kappa shape index (κ2) is 5.76. The molecule has 4 heteroatoms. The zero-order valence-corrected chi connectivity index (χ0v) is 10.9. The minimum Gasteiger partial charge on any atom is -0.325 e. The summed E-state index contributed by atoms with van der Waals surface area (Å²) in [4.78, 5) is 23.1. The van der Waals surface area contributed by atoms with Gasteiger partial charge >= 0.3 is 0 Å². The van der Waals surface area contributed by atoms with E-state index in [1.807, 2.05) is 13.8 Å². The van der Waals surface area contributed by atoms with Gasteiger partial charge in [-0.25, -0.2) is 4.39 Å². The summed E-state index contributed by atoms with van der Waals surface area (Å²) in [5.41, 5.74) is -0.312. The van der Waals surface area contributed by atoms with E-state index in [9.17, 15) is 14.0 Å². The van der Waals surface area contributed by atoms with Crippen LogP contribution in [-0.4, -0.2) is 11.7 Å². The van der Waals surface area contributed by atoms with Crippen molar-refractivity contribution in [3.05, 3.63) is 30.1 Å².